The number of hydrogen-bond donors (Lipinski definition) is 1. The van der Waals surface area contributed by atoms with Gasteiger partial charge in [0, 0.05) is 48.4 Å². The number of rotatable bonds is 2. The van der Waals surface area contributed by atoms with Crippen molar-refractivity contribution >= 4 is 38.3 Å². The number of carbonyl (C=O) groups is 1. The average molecular weight is 341 g/mol. The molecule has 0 radical (unpaired) electrons. The fourth-order valence-corrected chi connectivity index (χ4v) is 3.17. The standard InChI is InChI=1S/C12H13BrN4OS/c13-9-7-10(15-8-9)11(18)16-2-4-17(5-3-16)12-14-1-6-19-12/h1,6-8,15H,2-5H2. The number of halogens is 1. The predicted octanol–water partition coefficient (Wildman–Crippen LogP) is 2.20. The number of anilines is 1. The zero-order valence-electron chi connectivity index (χ0n) is 10.2. The zero-order valence-corrected chi connectivity index (χ0v) is 12.6. The van der Waals surface area contributed by atoms with Crippen LogP contribution >= 0.6 is 27.3 Å². The van der Waals surface area contributed by atoms with Crippen molar-refractivity contribution in [1.82, 2.24) is 14.9 Å². The molecule has 0 atom stereocenters. The molecule has 0 saturated carbocycles. The summed E-state index contributed by atoms with van der Waals surface area (Å²) in [5, 5.41) is 3.01. The molecule has 1 amide bonds. The minimum atomic E-state index is 0.0597. The smallest absolute Gasteiger partial charge is 0.270 e. The van der Waals surface area contributed by atoms with Crippen LogP contribution in [0.2, 0.25) is 0 Å². The molecule has 0 aromatic carbocycles. The van der Waals surface area contributed by atoms with Crippen LogP contribution in [0.1, 0.15) is 10.5 Å². The number of aromatic amines is 1. The third kappa shape index (κ3) is 2.66. The maximum Gasteiger partial charge on any atom is 0.270 e. The van der Waals surface area contributed by atoms with Crippen LogP contribution in [0.5, 0.6) is 0 Å². The number of hydrogen-bond acceptors (Lipinski definition) is 4. The van der Waals surface area contributed by atoms with Gasteiger partial charge >= 0.3 is 0 Å². The number of amides is 1. The van der Waals surface area contributed by atoms with E-state index in [0.29, 0.717) is 5.69 Å². The van der Waals surface area contributed by atoms with Gasteiger partial charge in [-0.15, -0.1) is 11.3 Å². The Kier molecular flexibility index (Phi) is 3.56. The Labute approximate surface area is 123 Å². The molecule has 5 nitrogen and oxygen atoms in total. The molecule has 1 aliphatic heterocycles. The van der Waals surface area contributed by atoms with E-state index in [-0.39, 0.29) is 5.91 Å². The summed E-state index contributed by atoms with van der Waals surface area (Å²) in [7, 11) is 0. The zero-order chi connectivity index (χ0) is 13.2. The lowest BCUT2D eigenvalue weighted by atomic mass is 10.3. The summed E-state index contributed by atoms with van der Waals surface area (Å²) >= 11 is 4.98. The van der Waals surface area contributed by atoms with E-state index in [1.807, 2.05) is 22.5 Å². The van der Waals surface area contributed by atoms with Crippen LogP contribution in [0.4, 0.5) is 5.13 Å². The minimum absolute atomic E-state index is 0.0597. The van der Waals surface area contributed by atoms with Crippen molar-refractivity contribution in [3.8, 4) is 0 Å². The lowest BCUT2D eigenvalue weighted by Crippen LogP contribution is -2.48. The van der Waals surface area contributed by atoms with E-state index in [4.69, 9.17) is 0 Å². The molecule has 0 unspecified atom stereocenters. The summed E-state index contributed by atoms with van der Waals surface area (Å²) in [5.41, 5.74) is 0.634. The van der Waals surface area contributed by atoms with Crippen LogP contribution in [0.15, 0.2) is 28.3 Å². The van der Waals surface area contributed by atoms with Gasteiger partial charge in [0.2, 0.25) is 0 Å². The monoisotopic (exact) mass is 340 g/mol. The van der Waals surface area contributed by atoms with Gasteiger partial charge in [-0.2, -0.15) is 0 Å². The van der Waals surface area contributed by atoms with Gasteiger partial charge < -0.3 is 14.8 Å². The topological polar surface area (TPSA) is 52.2 Å². The molecule has 0 aliphatic carbocycles. The molecule has 7 heteroatoms. The van der Waals surface area contributed by atoms with Gasteiger partial charge in [0.05, 0.1) is 0 Å². The van der Waals surface area contributed by atoms with E-state index in [1.54, 1.807) is 17.5 Å². The Hall–Kier alpha value is -1.34. The Morgan fingerprint density at radius 3 is 2.74 bits per heavy atom. The molecule has 3 heterocycles. The van der Waals surface area contributed by atoms with E-state index in [2.05, 4.69) is 30.8 Å². The Balaban J connectivity index is 1.62. The summed E-state index contributed by atoms with van der Waals surface area (Å²) < 4.78 is 0.900. The van der Waals surface area contributed by atoms with Crippen molar-refractivity contribution < 1.29 is 4.79 Å². The normalized spacial score (nSPS) is 15.8. The van der Waals surface area contributed by atoms with Crippen molar-refractivity contribution in [2.24, 2.45) is 0 Å². The van der Waals surface area contributed by atoms with E-state index < -0.39 is 0 Å². The maximum absolute atomic E-state index is 12.2. The molecular formula is C12H13BrN4OS. The van der Waals surface area contributed by atoms with Crippen LogP contribution < -0.4 is 4.90 Å². The van der Waals surface area contributed by atoms with Crippen LogP contribution in [-0.4, -0.2) is 47.0 Å². The number of thiazole rings is 1. The van der Waals surface area contributed by atoms with Crippen LogP contribution in [0.25, 0.3) is 0 Å². The van der Waals surface area contributed by atoms with Gasteiger partial charge in [-0.25, -0.2) is 4.98 Å². The first-order valence-corrected chi connectivity index (χ1v) is 7.69. The second-order valence-electron chi connectivity index (χ2n) is 4.33. The summed E-state index contributed by atoms with van der Waals surface area (Å²) in [4.78, 5) is 23.6. The number of aromatic nitrogens is 2. The molecule has 3 rings (SSSR count). The molecule has 19 heavy (non-hydrogen) atoms. The lowest BCUT2D eigenvalue weighted by Gasteiger charge is -2.34. The van der Waals surface area contributed by atoms with E-state index in [1.165, 1.54) is 0 Å². The summed E-state index contributed by atoms with van der Waals surface area (Å²) in [6, 6.07) is 1.82. The Bertz CT molecular complexity index is 560. The van der Waals surface area contributed by atoms with Crippen LogP contribution in [0, 0.1) is 0 Å². The second-order valence-corrected chi connectivity index (χ2v) is 6.11. The maximum atomic E-state index is 12.2. The lowest BCUT2D eigenvalue weighted by molar-refractivity contribution is 0.0741. The number of nitrogens with one attached hydrogen (secondary N) is 1. The first kappa shape index (κ1) is 12.7. The Morgan fingerprint density at radius 2 is 2.16 bits per heavy atom. The second kappa shape index (κ2) is 5.34. The van der Waals surface area contributed by atoms with Gasteiger partial charge in [0.1, 0.15) is 5.69 Å². The largest absolute Gasteiger partial charge is 0.356 e. The van der Waals surface area contributed by atoms with Crippen molar-refractivity contribution in [3.05, 3.63) is 34.0 Å². The molecule has 1 saturated heterocycles. The highest BCUT2D eigenvalue weighted by Crippen LogP contribution is 2.20. The van der Waals surface area contributed by atoms with Gasteiger partial charge in [-0.05, 0) is 22.0 Å². The van der Waals surface area contributed by atoms with Crippen LogP contribution in [0.3, 0.4) is 0 Å². The highest BCUT2D eigenvalue weighted by atomic mass is 79.9. The van der Waals surface area contributed by atoms with E-state index >= 15 is 0 Å². The summed E-state index contributed by atoms with van der Waals surface area (Å²) in [5.74, 6) is 0.0597. The number of carbonyl (C=O) groups excluding carboxylic acids is 1. The highest BCUT2D eigenvalue weighted by molar-refractivity contribution is 9.10. The quantitative estimate of drug-likeness (QED) is 0.911. The highest BCUT2D eigenvalue weighted by Gasteiger charge is 2.23. The molecular weight excluding hydrogens is 328 g/mol. The summed E-state index contributed by atoms with van der Waals surface area (Å²) in [6.45, 7) is 3.13. The van der Waals surface area contributed by atoms with E-state index in [0.717, 1.165) is 35.8 Å². The fraction of sp³-hybridized carbons (Fsp3) is 0.333. The SMILES string of the molecule is O=C(c1cc(Br)c[nH]1)N1CCN(c2nccs2)CC1. The first-order chi connectivity index (χ1) is 9.24. The molecule has 2 aromatic heterocycles. The Morgan fingerprint density at radius 1 is 1.37 bits per heavy atom. The van der Waals surface area contributed by atoms with Gasteiger partial charge in [0.25, 0.3) is 5.91 Å². The van der Waals surface area contributed by atoms with Crippen molar-refractivity contribution in [2.45, 2.75) is 0 Å². The van der Waals surface area contributed by atoms with Crippen LogP contribution in [-0.2, 0) is 0 Å². The molecule has 1 aliphatic rings. The van der Waals surface area contributed by atoms with Gasteiger partial charge in [-0.1, -0.05) is 0 Å². The first-order valence-electron chi connectivity index (χ1n) is 6.01. The third-order valence-electron chi connectivity index (χ3n) is 3.13. The van der Waals surface area contributed by atoms with Crippen molar-refractivity contribution in [2.75, 3.05) is 31.1 Å². The van der Waals surface area contributed by atoms with E-state index in [9.17, 15) is 4.79 Å². The summed E-state index contributed by atoms with van der Waals surface area (Å²) in [6.07, 6.45) is 3.59. The molecule has 1 N–H and O–H groups in total. The van der Waals surface area contributed by atoms with Gasteiger partial charge in [-0.3, -0.25) is 4.79 Å². The average Bonchev–Trinajstić information content (AvgIpc) is 3.09. The van der Waals surface area contributed by atoms with Gasteiger partial charge in [0.15, 0.2) is 5.13 Å². The van der Waals surface area contributed by atoms with Crippen molar-refractivity contribution in [3.63, 3.8) is 0 Å². The van der Waals surface area contributed by atoms with Crippen molar-refractivity contribution in [1.29, 1.82) is 0 Å². The number of nitrogens with zero attached hydrogens (tertiary/aromatic N) is 3. The predicted molar refractivity (Wildman–Crippen MR) is 78.7 cm³/mol. The minimum Gasteiger partial charge on any atom is -0.356 e. The molecule has 0 bridgehead atoms. The number of H-pyrrole nitrogens is 1. The fourth-order valence-electron chi connectivity index (χ4n) is 2.13. The molecule has 1 fully saturated rings. The molecule has 0 spiro atoms. The molecule has 2 aromatic rings. The number of piperazine rings is 1. The third-order valence-corrected chi connectivity index (χ3v) is 4.42. The molecule has 100 valence electrons.